The number of amidine groups is 1. The van der Waals surface area contributed by atoms with Crippen LogP contribution < -0.4 is 5.32 Å². The lowest BCUT2D eigenvalue weighted by atomic mass is 10.1. The average molecular weight is 367 g/mol. The van der Waals surface area contributed by atoms with Crippen LogP contribution in [0.1, 0.15) is 5.56 Å². The van der Waals surface area contributed by atoms with Crippen molar-refractivity contribution >= 4 is 57.2 Å². The second-order valence-electron chi connectivity index (χ2n) is 5.27. The molecular weight excluding hydrogens is 356 g/mol. The summed E-state index contributed by atoms with van der Waals surface area (Å²) < 4.78 is 0. The maximum absolute atomic E-state index is 11.8. The molecule has 1 saturated heterocycles. The first-order valence-electron chi connectivity index (χ1n) is 7.43. The molecule has 2 aromatic carbocycles. The van der Waals surface area contributed by atoms with Crippen molar-refractivity contribution in [3.63, 3.8) is 0 Å². The third-order valence-corrected chi connectivity index (χ3v) is 4.55. The highest BCUT2D eigenvalue weighted by molar-refractivity contribution is 8.18. The van der Waals surface area contributed by atoms with Gasteiger partial charge in [0, 0.05) is 17.4 Å². The standard InChI is InChI=1S/C18H11ClN4OS/c19-12-2-1-3-13(10-12)22-17-16(25-18(24)23-17)9-11-4-5-14-15(8-11)21-7-6-20-14/h1-10H,(H,22,23,24)/b16-9+. The topological polar surface area (TPSA) is 67.2 Å². The SMILES string of the molecule is O=C1NC(=Nc2cccc(Cl)c2)/C(=C\c2ccc3nccnc3c2)S1. The minimum atomic E-state index is -0.160. The van der Waals surface area contributed by atoms with Crippen molar-refractivity contribution in [1.29, 1.82) is 0 Å². The summed E-state index contributed by atoms with van der Waals surface area (Å²) in [7, 11) is 0. The summed E-state index contributed by atoms with van der Waals surface area (Å²) in [6.45, 7) is 0. The number of aromatic nitrogens is 2. The molecule has 3 aromatic rings. The lowest BCUT2D eigenvalue weighted by Gasteiger charge is -2.01. The van der Waals surface area contributed by atoms with Crippen LogP contribution in [0.4, 0.5) is 10.5 Å². The third kappa shape index (κ3) is 3.55. The number of thioether (sulfide) groups is 1. The molecule has 1 amide bonds. The number of rotatable bonds is 2. The van der Waals surface area contributed by atoms with E-state index in [-0.39, 0.29) is 5.24 Å². The predicted molar refractivity (Wildman–Crippen MR) is 102 cm³/mol. The van der Waals surface area contributed by atoms with E-state index in [9.17, 15) is 4.79 Å². The summed E-state index contributed by atoms with van der Waals surface area (Å²) in [6, 6.07) is 12.9. The molecule has 4 rings (SSSR count). The number of nitrogens with one attached hydrogen (secondary N) is 1. The summed E-state index contributed by atoms with van der Waals surface area (Å²) >= 11 is 7.10. The number of hydrogen-bond acceptors (Lipinski definition) is 5. The van der Waals surface area contributed by atoms with Gasteiger partial charge in [0.05, 0.1) is 21.6 Å². The predicted octanol–water partition coefficient (Wildman–Crippen LogP) is 4.81. The van der Waals surface area contributed by atoms with Crippen molar-refractivity contribution in [1.82, 2.24) is 15.3 Å². The molecule has 0 saturated carbocycles. The molecule has 122 valence electrons. The highest BCUT2D eigenvalue weighted by Gasteiger charge is 2.23. The van der Waals surface area contributed by atoms with Crippen LogP contribution in [0.25, 0.3) is 17.1 Å². The average Bonchev–Trinajstić information content (AvgIpc) is 2.94. The normalized spacial score (nSPS) is 17.4. The Hall–Kier alpha value is -2.70. The minimum Gasteiger partial charge on any atom is -0.300 e. The van der Waals surface area contributed by atoms with Gasteiger partial charge in [-0.3, -0.25) is 14.8 Å². The molecule has 5 nitrogen and oxygen atoms in total. The van der Waals surface area contributed by atoms with Gasteiger partial charge in [-0.1, -0.05) is 23.7 Å². The van der Waals surface area contributed by atoms with Gasteiger partial charge in [0.25, 0.3) is 5.24 Å². The van der Waals surface area contributed by atoms with Gasteiger partial charge in [-0.05, 0) is 53.7 Å². The second-order valence-corrected chi connectivity index (χ2v) is 6.72. The van der Waals surface area contributed by atoms with Gasteiger partial charge in [-0.2, -0.15) is 0 Å². The highest BCUT2D eigenvalue weighted by atomic mass is 35.5. The highest BCUT2D eigenvalue weighted by Crippen LogP contribution is 2.29. The van der Waals surface area contributed by atoms with Crippen molar-refractivity contribution in [2.45, 2.75) is 0 Å². The lowest BCUT2D eigenvalue weighted by molar-refractivity contribution is 0.265. The molecule has 1 fully saturated rings. The Kier molecular flexibility index (Phi) is 4.21. The zero-order chi connectivity index (χ0) is 17.2. The van der Waals surface area contributed by atoms with Gasteiger partial charge < -0.3 is 5.32 Å². The number of benzene rings is 2. The summed E-state index contributed by atoms with van der Waals surface area (Å²) in [5, 5.41) is 3.20. The number of halogens is 1. The number of aliphatic imine (C=N–C) groups is 1. The molecule has 7 heteroatoms. The molecule has 1 aliphatic rings. The molecule has 0 atom stereocenters. The summed E-state index contributed by atoms with van der Waals surface area (Å²) in [5.74, 6) is 0.511. The largest absolute Gasteiger partial charge is 0.300 e. The molecule has 0 radical (unpaired) electrons. The first kappa shape index (κ1) is 15.8. The lowest BCUT2D eigenvalue weighted by Crippen LogP contribution is -2.18. The molecule has 25 heavy (non-hydrogen) atoms. The molecule has 0 spiro atoms. The van der Waals surface area contributed by atoms with Crippen molar-refractivity contribution in [2.75, 3.05) is 0 Å². The quantitative estimate of drug-likeness (QED) is 0.706. The van der Waals surface area contributed by atoms with Crippen LogP contribution in [0.15, 0.2) is 64.8 Å². The molecule has 0 unspecified atom stereocenters. The first-order valence-corrected chi connectivity index (χ1v) is 8.63. The van der Waals surface area contributed by atoms with E-state index < -0.39 is 0 Å². The molecule has 1 aromatic heterocycles. The van der Waals surface area contributed by atoms with Crippen LogP contribution >= 0.6 is 23.4 Å². The van der Waals surface area contributed by atoms with Crippen molar-refractivity contribution in [3.05, 3.63) is 70.3 Å². The third-order valence-electron chi connectivity index (χ3n) is 3.50. The molecule has 1 N–H and O–H groups in total. The van der Waals surface area contributed by atoms with Gasteiger partial charge in [-0.15, -0.1) is 0 Å². The first-order chi connectivity index (χ1) is 12.2. The Morgan fingerprint density at radius 3 is 2.76 bits per heavy atom. The molecule has 0 bridgehead atoms. The van der Waals surface area contributed by atoms with E-state index in [1.165, 1.54) is 0 Å². The van der Waals surface area contributed by atoms with E-state index >= 15 is 0 Å². The number of carbonyl (C=O) groups is 1. The van der Waals surface area contributed by atoms with Crippen molar-refractivity contribution < 1.29 is 4.79 Å². The fourth-order valence-electron chi connectivity index (χ4n) is 2.41. The van der Waals surface area contributed by atoms with E-state index in [0.717, 1.165) is 33.3 Å². The summed E-state index contributed by atoms with van der Waals surface area (Å²) in [6.07, 6.45) is 5.21. The smallest absolute Gasteiger partial charge is 0.289 e. The number of nitrogens with zero attached hydrogens (tertiary/aromatic N) is 3. The van der Waals surface area contributed by atoms with E-state index in [1.807, 2.05) is 36.4 Å². The maximum atomic E-state index is 11.8. The van der Waals surface area contributed by atoms with E-state index in [1.54, 1.807) is 24.5 Å². The van der Waals surface area contributed by atoms with Crippen LogP contribution in [0, 0.1) is 0 Å². The Morgan fingerprint density at radius 1 is 1.08 bits per heavy atom. The summed E-state index contributed by atoms with van der Waals surface area (Å²) in [5.41, 5.74) is 3.23. The van der Waals surface area contributed by atoms with E-state index in [0.29, 0.717) is 16.5 Å². The molecule has 0 aliphatic carbocycles. The Morgan fingerprint density at radius 2 is 1.92 bits per heavy atom. The fourth-order valence-corrected chi connectivity index (χ4v) is 3.33. The number of carbonyl (C=O) groups excluding carboxylic acids is 1. The van der Waals surface area contributed by atoms with Gasteiger partial charge in [0.1, 0.15) is 5.84 Å². The van der Waals surface area contributed by atoms with E-state index in [4.69, 9.17) is 11.6 Å². The Balaban J connectivity index is 1.73. The molecular formula is C18H11ClN4OS. The minimum absolute atomic E-state index is 0.160. The van der Waals surface area contributed by atoms with Gasteiger partial charge in [0.2, 0.25) is 0 Å². The molecule has 1 aliphatic heterocycles. The van der Waals surface area contributed by atoms with Crippen LogP contribution in [0.5, 0.6) is 0 Å². The van der Waals surface area contributed by atoms with Crippen LogP contribution in [-0.4, -0.2) is 21.0 Å². The van der Waals surface area contributed by atoms with Gasteiger partial charge in [-0.25, -0.2) is 4.99 Å². The Labute approximate surface area is 152 Å². The monoisotopic (exact) mass is 366 g/mol. The number of amides is 1. The van der Waals surface area contributed by atoms with E-state index in [2.05, 4.69) is 20.3 Å². The van der Waals surface area contributed by atoms with Crippen LogP contribution in [-0.2, 0) is 0 Å². The Bertz CT molecular complexity index is 1050. The van der Waals surface area contributed by atoms with Crippen molar-refractivity contribution in [2.24, 2.45) is 4.99 Å². The number of fused-ring (bicyclic) bond motifs is 1. The van der Waals surface area contributed by atoms with Crippen LogP contribution in [0.2, 0.25) is 5.02 Å². The molecule has 2 heterocycles. The second kappa shape index (κ2) is 6.66. The van der Waals surface area contributed by atoms with Gasteiger partial charge >= 0.3 is 0 Å². The van der Waals surface area contributed by atoms with Crippen molar-refractivity contribution in [3.8, 4) is 0 Å². The van der Waals surface area contributed by atoms with Gasteiger partial charge in [0.15, 0.2) is 0 Å². The zero-order valence-corrected chi connectivity index (χ0v) is 14.4. The fraction of sp³-hybridized carbons (Fsp3) is 0. The van der Waals surface area contributed by atoms with Crippen LogP contribution in [0.3, 0.4) is 0 Å². The number of hydrogen-bond donors (Lipinski definition) is 1. The maximum Gasteiger partial charge on any atom is 0.289 e. The zero-order valence-electron chi connectivity index (χ0n) is 12.8. The summed E-state index contributed by atoms with van der Waals surface area (Å²) in [4.78, 5) is 25.6.